The maximum atomic E-state index is 13.2. The molecule has 0 saturated heterocycles. The van der Waals surface area contributed by atoms with Crippen LogP contribution < -0.4 is 4.90 Å². The molecule has 4 heteroatoms. The van der Waals surface area contributed by atoms with E-state index in [4.69, 9.17) is 4.98 Å². The molecule has 0 N–H and O–H groups in total. The molecular weight excluding hydrogens is 322 g/mol. The number of carbonyl (C=O) groups is 1. The molecule has 1 amide bonds. The molecule has 0 fully saturated rings. The Bertz CT molecular complexity index is 962. The predicted octanol–water partition coefficient (Wildman–Crippen LogP) is 4.63. The third-order valence-corrected chi connectivity index (χ3v) is 4.67. The van der Waals surface area contributed by atoms with Gasteiger partial charge in [-0.25, -0.2) is 4.98 Å². The van der Waals surface area contributed by atoms with Crippen molar-refractivity contribution < 1.29 is 4.79 Å². The lowest BCUT2D eigenvalue weighted by atomic mass is 10.0. The number of hydrogen-bond acceptors (Lipinski definition) is 3. The third kappa shape index (κ3) is 3.06. The van der Waals surface area contributed by atoms with Crippen LogP contribution in [-0.2, 0) is 0 Å². The number of carbonyl (C=O) groups excluding carboxylic acids is 1. The Labute approximate surface area is 155 Å². The molecule has 0 atom stereocenters. The van der Waals surface area contributed by atoms with E-state index in [0.29, 0.717) is 0 Å². The van der Waals surface area contributed by atoms with E-state index in [-0.39, 0.29) is 5.91 Å². The Hall–Kier alpha value is -2.46. The maximum absolute atomic E-state index is 13.2. The van der Waals surface area contributed by atoms with Crippen molar-refractivity contribution in [3.05, 3.63) is 47.5 Å². The minimum absolute atomic E-state index is 0.109. The topological polar surface area (TPSA) is 36.4 Å². The number of anilines is 1. The lowest BCUT2D eigenvalue weighted by molar-refractivity contribution is 0.0993. The summed E-state index contributed by atoms with van der Waals surface area (Å²) < 4.78 is 0. The summed E-state index contributed by atoms with van der Waals surface area (Å²) >= 11 is 0. The molecule has 0 radical (unpaired) electrons. The lowest BCUT2D eigenvalue weighted by Crippen LogP contribution is -2.30. The van der Waals surface area contributed by atoms with Gasteiger partial charge < -0.3 is 9.80 Å². The first kappa shape index (κ1) is 18.3. The second-order valence-electron chi connectivity index (χ2n) is 6.79. The largest absolute Gasteiger partial charge is 0.309 e. The zero-order valence-corrected chi connectivity index (χ0v) is 16.3. The van der Waals surface area contributed by atoms with Crippen LogP contribution in [-0.4, -0.2) is 43.0 Å². The zero-order valence-electron chi connectivity index (χ0n) is 16.3. The summed E-state index contributed by atoms with van der Waals surface area (Å²) in [5.41, 5.74) is 4.77. The van der Waals surface area contributed by atoms with Crippen molar-refractivity contribution >= 4 is 33.4 Å². The third-order valence-electron chi connectivity index (χ3n) is 4.67. The average molecular weight is 349 g/mol. The molecule has 3 aromatic rings. The summed E-state index contributed by atoms with van der Waals surface area (Å²) in [4.78, 5) is 22.0. The van der Waals surface area contributed by atoms with Gasteiger partial charge in [0.25, 0.3) is 5.91 Å². The van der Waals surface area contributed by atoms with Crippen molar-refractivity contribution in [2.45, 2.75) is 27.2 Å². The quantitative estimate of drug-likeness (QED) is 0.644. The molecule has 136 valence electrons. The van der Waals surface area contributed by atoms with Gasteiger partial charge in [-0.3, -0.25) is 4.79 Å². The Morgan fingerprint density at radius 3 is 2.58 bits per heavy atom. The van der Waals surface area contributed by atoms with Crippen molar-refractivity contribution in [2.75, 3.05) is 32.1 Å². The first-order valence-electron chi connectivity index (χ1n) is 9.36. The van der Waals surface area contributed by atoms with Gasteiger partial charge in [-0.15, -0.1) is 0 Å². The van der Waals surface area contributed by atoms with Gasteiger partial charge in [-0.05, 0) is 58.3 Å². The fourth-order valence-corrected chi connectivity index (χ4v) is 3.55. The van der Waals surface area contributed by atoms with Crippen LogP contribution in [0, 0.1) is 6.92 Å². The van der Waals surface area contributed by atoms with E-state index in [0.717, 1.165) is 58.1 Å². The van der Waals surface area contributed by atoms with E-state index >= 15 is 0 Å². The number of fused-ring (bicyclic) bond motifs is 2. The van der Waals surface area contributed by atoms with E-state index in [9.17, 15) is 4.79 Å². The molecule has 2 heterocycles. The highest BCUT2D eigenvalue weighted by Crippen LogP contribution is 2.40. The summed E-state index contributed by atoms with van der Waals surface area (Å²) in [5.74, 6) is 0.109. The summed E-state index contributed by atoms with van der Waals surface area (Å²) in [6.07, 6.45) is 0.952. The number of benzene rings is 2. The molecule has 0 saturated carbocycles. The molecule has 4 rings (SSSR count). The van der Waals surface area contributed by atoms with Crippen molar-refractivity contribution in [1.29, 1.82) is 0 Å². The van der Waals surface area contributed by atoms with E-state index in [1.807, 2.05) is 49.1 Å². The molecule has 1 aromatic heterocycles. The molecule has 0 aliphatic carbocycles. The van der Waals surface area contributed by atoms with Crippen LogP contribution in [0.2, 0.25) is 0 Å². The molecule has 0 bridgehead atoms. The Kier molecular flexibility index (Phi) is 5.23. The molecule has 4 nitrogen and oxygen atoms in total. The van der Waals surface area contributed by atoms with Gasteiger partial charge in [-0.2, -0.15) is 0 Å². The Morgan fingerprint density at radius 2 is 1.85 bits per heavy atom. The molecule has 1 aliphatic rings. The highest BCUT2D eigenvalue weighted by atomic mass is 16.2. The second-order valence-corrected chi connectivity index (χ2v) is 6.79. The van der Waals surface area contributed by atoms with Crippen molar-refractivity contribution in [2.24, 2.45) is 0 Å². The Morgan fingerprint density at radius 1 is 1.08 bits per heavy atom. The van der Waals surface area contributed by atoms with Crippen molar-refractivity contribution in [1.82, 2.24) is 9.88 Å². The van der Waals surface area contributed by atoms with Crippen molar-refractivity contribution in [3.8, 4) is 0 Å². The number of aryl methyl sites for hydroxylation is 1. The monoisotopic (exact) mass is 349 g/mol. The van der Waals surface area contributed by atoms with E-state index in [2.05, 4.69) is 32.0 Å². The first-order valence-corrected chi connectivity index (χ1v) is 9.36. The highest BCUT2D eigenvalue weighted by molar-refractivity contribution is 6.30. The van der Waals surface area contributed by atoms with Crippen LogP contribution in [0.4, 0.5) is 5.69 Å². The fraction of sp³-hybridized carbons (Fsp3) is 0.364. The minimum Gasteiger partial charge on any atom is -0.309 e. The first-order chi connectivity index (χ1) is 12.6. The SMILES string of the molecule is CC.Cc1ccc2nc3cccc4c3c(c2c1)C(=O)N4CCCN(C)C. The van der Waals surface area contributed by atoms with Crippen LogP contribution in [0.1, 0.15) is 36.2 Å². The second kappa shape index (κ2) is 7.42. The fourth-order valence-electron chi connectivity index (χ4n) is 3.55. The smallest absolute Gasteiger partial charge is 0.259 e. The molecule has 1 aliphatic heterocycles. The molecule has 0 spiro atoms. The average Bonchev–Trinajstić information content (AvgIpc) is 2.92. The van der Waals surface area contributed by atoms with Gasteiger partial charge in [0.1, 0.15) is 0 Å². The molecule has 2 aromatic carbocycles. The van der Waals surface area contributed by atoms with Crippen LogP contribution in [0.25, 0.3) is 21.8 Å². The van der Waals surface area contributed by atoms with Crippen LogP contribution in [0.15, 0.2) is 36.4 Å². The number of rotatable bonds is 4. The summed E-state index contributed by atoms with van der Waals surface area (Å²) in [5, 5.41) is 1.97. The van der Waals surface area contributed by atoms with Gasteiger partial charge in [0, 0.05) is 17.3 Å². The van der Waals surface area contributed by atoms with Gasteiger partial charge in [0.2, 0.25) is 0 Å². The zero-order chi connectivity index (χ0) is 18.8. The number of pyridine rings is 1. The predicted molar refractivity (Wildman–Crippen MR) is 110 cm³/mol. The normalized spacial score (nSPS) is 12.8. The van der Waals surface area contributed by atoms with Crippen molar-refractivity contribution in [3.63, 3.8) is 0 Å². The number of amides is 1. The van der Waals surface area contributed by atoms with Gasteiger partial charge in [0.05, 0.1) is 22.3 Å². The van der Waals surface area contributed by atoms with Crippen LogP contribution >= 0.6 is 0 Å². The molecule has 0 unspecified atom stereocenters. The van der Waals surface area contributed by atoms with Crippen LogP contribution in [0.3, 0.4) is 0 Å². The summed E-state index contributed by atoms with van der Waals surface area (Å²) in [7, 11) is 4.11. The maximum Gasteiger partial charge on any atom is 0.259 e. The van der Waals surface area contributed by atoms with E-state index in [1.54, 1.807) is 0 Å². The van der Waals surface area contributed by atoms with Gasteiger partial charge in [0.15, 0.2) is 0 Å². The van der Waals surface area contributed by atoms with E-state index < -0.39 is 0 Å². The lowest BCUT2D eigenvalue weighted by Gasteiger charge is -2.19. The number of hydrogen-bond donors (Lipinski definition) is 0. The Balaban J connectivity index is 0.000000948. The van der Waals surface area contributed by atoms with E-state index in [1.165, 1.54) is 0 Å². The van der Waals surface area contributed by atoms with Gasteiger partial charge in [-0.1, -0.05) is 31.5 Å². The summed E-state index contributed by atoms with van der Waals surface area (Å²) in [6, 6.07) is 12.2. The molecular formula is C22H27N3O. The molecule has 26 heavy (non-hydrogen) atoms. The van der Waals surface area contributed by atoms with Crippen LogP contribution in [0.5, 0.6) is 0 Å². The standard InChI is InChI=1S/C20H21N3O.C2H6/c1-13-8-9-15-14(12-13)18-19-16(21-15)6-4-7-17(19)23(20(18)24)11-5-10-22(2)3;1-2/h4,6-9,12H,5,10-11H2,1-3H3;1-2H3. The minimum atomic E-state index is 0.109. The van der Waals surface area contributed by atoms with Gasteiger partial charge >= 0.3 is 0 Å². The summed E-state index contributed by atoms with van der Waals surface area (Å²) in [6.45, 7) is 7.75. The highest BCUT2D eigenvalue weighted by Gasteiger charge is 2.31. The number of nitrogens with zero attached hydrogens (tertiary/aromatic N) is 3. The number of aromatic nitrogens is 1.